The Hall–Kier alpha value is -1.75. The number of nitrogens with one attached hydrogen (secondary N) is 2. The lowest BCUT2D eigenvalue weighted by molar-refractivity contribution is -0.116. The van der Waals surface area contributed by atoms with Crippen molar-refractivity contribution in [2.75, 3.05) is 10.6 Å². The van der Waals surface area contributed by atoms with E-state index in [2.05, 4.69) is 10.6 Å². The molecule has 0 bridgehead atoms. The summed E-state index contributed by atoms with van der Waals surface area (Å²) in [5.41, 5.74) is 1.44. The zero-order valence-corrected chi connectivity index (χ0v) is 15.8. The first-order valence-electron chi connectivity index (χ1n) is 7.76. The van der Waals surface area contributed by atoms with Gasteiger partial charge in [0.1, 0.15) is 0 Å². The average molecular weight is 400 g/mol. The highest BCUT2D eigenvalue weighted by Gasteiger charge is 2.11. The van der Waals surface area contributed by atoms with Gasteiger partial charge in [-0.3, -0.25) is 9.59 Å². The Kier molecular flexibility index (Phi) is 7.12. The number of amides is 2. The molecule has 25 heavy (non-hydrogen) atoms. The van der Waals surface area contributed by atoms with Crippen LogP contribution >= 0.6 is 34.8 Å². The van der Waals surface area contributed by atoms with Crippen LogP contribution in [0.5, 0.6) is 0 Å². The smallest absolute Gasteiger partial charge is 0.255 e. The molecule has 0 aliphatic rings. The third-order valence-corrected chi connectivity index (χ3v) is 4.48. The van der Waals surface area contributed by atoms with Crippen molar-refractivity contribution in [3.8, 4) is 0 Å². The first-order valence-corrected chi connectivity index (χ1v) is 8.90. The number of carbonyl (C=O) groups is 2. The highest BCUT2D eigenvalue weighted by atomic mass is 35.5. The molecule has 0 saturated heterocycles. The van der Waals surface area contributed by atoms with Crippen LogP contribution in [0.1, 0.15) is 36.5 Å². The lowest BCUT2D eigenvalue weighted by atomic mass is 10.1. The Morgan fingerprint density at radius 3 is 2.20 bits per heavy atom. The van der Waals surface area contributed by atoms with Gasteiger partial charge in [-0.2, -0.15) is 0 Å². The third kappa shape index (κ3) is 5.63. The molecule has 0 radical (unpaired) electrons. The van der Waals surface area contributed by atoms with E-state index in [1.165, 1.54) is 12.1 Å². The summed E-state index contributed by atoms with van der Waals surface area (Å²) in [5.74, 6) is -0.384. The van der Waals surface area contributed by atoms with Crippen LogP contribution < -0.4 is 10.6 Å². The summed E-state index contributed by atoms with van der Waals surface area (Å²) < 4.78 is 0. The van der Waals surface area contributed by atoms with Crippen LogP contribution in [0.15, 0.2) is 36.4 Å². The Labute approximate surface area is 161 Å². The van der Waals surface area contributed by atoms with E-state index in [0.717, 1.165) is 12.8 Å². The van der Waals surface area contributed by atoms with E-state index in [1.807, 2.05) is 6.92 Å². The summed E-state index contributed by atoms with van der Waals surface area (Å²) in [6, 6.07) is 9.55. The van der Waals surface area contributed by atoms with Crippen LogP contribution in [-0.4, -0.2) is 11.8 Å². The molecule has 2 aromatic carbocycles. The maximum absolute atomic E-state index is 12.3. The predicted octanol–water partition coefficient (Wildman–Crippen LogP) is 6.03. The SMILES string of the molecule is CCCCC(=O)Nc1ccc(C(=O)Nc2cc(Cl)c(Cl)cc2Cl)cc1. The molecular weight excluding hydrogens is 383 g/mol. The molecule has 0 saturated carbocycles. The van der Waals surface area contributed by atoms with E-state index in [9.17, 15) is 9.59 Å². The molecule has 0 heterocycles. The van der Waals surface area contributed by atoms with E-state index < -0.39 is 0 Å². The second-order valence-electron chi connectivity index (χ2n) is 5.43. The normalized spacial score (nSPS) is 10.4. The number of hydrogen-bond acceptors (Lipinski definition) is 2. The molecule has 0 aliphatic carbocycles. The number of carbonyl (C=O) groups excluding carboxylic acids is 2. The van der Waals surface area contributed by atoms with Crippen molar-refractivity contribution < 1.29 is 9.59 Å². The van der Waals surface area contributed by atoms with Gasteiger partial charge in [0.15, 0.2) is 0 Å². The summed E-state index contributed by atoms with van der Waals surface area (Å²) >= 11 is 17.9. The molecule has 7 heteroatoms. The molecule has 0 atom stereocenters. The van der Waals surface area contributed by atoms with E-state index in [-0.39, 0.29) is 11.8 Å². The second kappa shape index (κ2) is 9.09. The molecule has 2 rings (SSSR count). The Bertz CT molecular complexity index is 777. The minimum atomic E-state index is -0.343. The standard InChI is InChI=1S/C18H17Cl3N2O2/c1-2-3-4-17(24)22-12-7-5-11(6-8-12)18(25)23-16-10-14(20)13(19)9-15(16)21/h5-10H,2-4H2,1H3,(H,22,24)(H,23,25). The number of halogens is 3. The first kappa shape index (κ1) is 19.6. The third-order valence-electron chi connectivity index (χ3n) is 3.45. The van der Waals surface area contributed by atoms with Crippen molar-refractivity contribution in [3.63, 3.8) is 0 Å². The van der Waals surface area contributed by atoms with Crippen LogP contribution in [0, 0.1) is 0 Å². The van der Waals surface area contributed by atoms with Gasteiger partial charge in [-0.1, -0.05) is 48.1 Å². The fourth-order valence-corrected chi connectivity index (χ4v) is 2.67. The quantitative estimate of drug-likeness (QED) is 0.583. The van der Waals surface area contributed by atoms with Crippen molar-refractivity contribution in [2.45, 2.75) is 26.2 Å². The van der Waals surface area contributed by atoms with Gasteiger partial charge in [-0.15, -0.1) is 0 Å². The molecule has 0 aliphatic heterocycles. The van der Waals surface area contributed by atoms with Crippen LogP contribution in [0.25, 0.3) is 0 Å². The average Bonchev–Trinajstić information content (AvgIpc) is 2.58. The second-order valence-corrected chi connectivity index (χ2v) is 6.65. The van der Waals surface area contributed by atoms with Gasteiger partial charge >= 0.3 is 0 Å². The summed E-state index contributed by atoms with van der Waals surface area (Å²) in [6.07, 6.45) is 2.29. The van der Waals surface area contributed by atoms with Gasteiger partial charge in [-0.25, -0.2) is 0 Å². The fourth-order valence-electron chi connectivity index (χ4n) is 2.08. The first-order chi connectivity index (χ1) is 11.9. The molecule has 2 amide bonds. The van der Waals surface area contributed by atoms with Gasteiger partial charge in [-0.05, 0) is 42.8 Å². The zero-order valence-electron chi connectivity index (χ0n) is 13.5. The summed E-state index contributed by atoms with van der Waals surface area (Å²) in [7, 11) is 0. The lowest BCUT2D eigenvalue weighted by Gasteiger charge is -2.10. The fraction of sp³-hybridized carbons (Fsp3) is 0.222. The summed E-state index contributed by atoms with van der Waals surface area (Å²) in [4.78, 5) is 24.0. The maximum atomic E-state index is 12.3. The molecule has 4 nitrogen and oxygen atoms in total. The Balaban J connectivity index is 2.03. The van der Waals surface area contributed by atoms with Gasteiger partial charge in [0.2, 0.25) is 5.91 Å². The molecule has 0 fully saturated rings. The van der Waals surface area contributed by atoms with Crippen LogP contribution in [0.3, 0.4) is 0 Å². The van der Waals surface area contributed by atoms with Gasteiger partial charge in [0.05, 0.1) is 20.8 Å². The van der Waals surface area contributed by atoms with Gasteiger partial charge in [0.25, 0.3) is 5.91 Å². The van der Waals surface area contributed by atoms with Crippen molar-refractivity contribution in [2.24, 2.45) is 0 Å². The van der Waals surface area contributed by atoms with Crippen molar-refractivity contribution in [1.82, 2.24) is 0 Å². The van der Waals surface area contributed by atoms with Crippen molar-refractivity contribution >= 4 is 58.0 Å². The molecule has 0 spiro atoms. The van der Waals surface area contributed by atoms with Crippen molar-refractivity contribution in [3.05, 3.63) is 57.0 Å². The zero-order chi connectivity index (χ0) is 18.4. The topological polar surface area (TPSA) is 58.2 Å². The van der Waals surface area contributed by atoms with Crippen molar-refractivity contribution in [1.29, 1.82) is 0 Å². The molecule has 0 aromatic heterocycles. The molecule has 2 N–H and O–H groups in total. The van der Waals surface area contributed by atoms with Crippen LogP contribution in [0.4, 0.5) is 11.4 Å². The highest BCUT2D eigenvalue weighted by molar-refractivity contribution is 6.44. The largest absolute Gasteiger partial charge is 0.326 e. The van der Waals surface area contributed by atoms with E-state index in [4.69, 9.17) is 34.8 Å². The monoisotopic (exact) mass is 398 g/mol. The van der Waals surface area contributed by atoms with E-state index >= 15 is 0 Å². The number of benzene rings is 2. The minimum absolute atomic E-state index is 0.0401. The maximum Gasteiger partial charge on any atom is 0.255 e. The molecule has 132 valence electrons. The highest BCUT2D eigenvalue weighted by Crippen LogP contribution is 2.32. The Morgan fingerprint density at radius 2 is 1.56 bits per heavy atom. The van der Waals surface area contributed by atoms with Crippen LogP contribution in [-0.2, 0) is 4.79 Å². The van der Waals surface area contributed by atoms with Gasteiger partial charge < -0.3 is 10.6 Å². The number of anilines is 2. The summed E-state index contributed by atoms with van der Waals surface area (Å²) in [6.45, 7) is 2.03. The molecule has 2 aromatic rings. The number of rotatable bonds is 6. The minimum Gasteiger partial charge on any atom is -0.326 e. The Morgan fingerprint density at radius 1 is 0.920 bits per heavy atom. The van der Waals surface area contributed by atoms with Crippen LogP contribution in [0.2, 0.25) is 15.1 Å². The predicted molar refractivity (Wildman–Crippen MR) is 104 cm³/mol. The van der Waals surface area contributed by atoms with E-state index in [0.29, 0.717) is 38.4 Å². The summed E-state index contributed by atoms with van der Waals surface area (Å²) in [5, 5.41) is 6.38. The number of hydrogen-bond donors (Lipinski definition) is 2. The molecular formula is C18H17Cl3N2O2. The van der Waals surface area contributed by atoms with Gasteiger partial charge in [0, 0.05) is 17.7 Å². The van der Waals surface area contributed by atoms with E-state index in [1.54, 1.807) is 24.3 Å². The number of unbranched alkanes of at least 4 members (excludes halogenated alkanes) is 1. The lowest BCUT2D eigenvalue weighted by Crippen LogP contribution is -2.13. The molecule has 0 unspecified atom stereocenters.